The summed E-state index contributed by atoms with van der Waals surface area (Å²) in [5.74, 6) is 0.130. The number of Topliss-reactive ketones (excluding diaryl/α,β-unsaturated/α-hetero) is 1. The number of benzene rings is 2. The summed E-state index contributed by atoms with van der Waals surface area (Å²) < 4.78 is 0. The van der Waals surface area contributed by atoms with Crippen LogP contribution in [0.5, 0.6) is 0 Å². The summed E-state index contributed by atoms with van der Waals surface area (Å²) in [6.07, 6.45) is 0.394. The molecular formula is C15H13ClO. The van der Waals surface area contributed by atoms with Crippen LogP contribution in [0.25, 0.3) is 0 Å². The maximum atomic E-state index is 12.1. The van der Waals surface area contributed by atoms with Crippen LogP contribution < -0.4 is 0 Å². The zero-order chi connectivity index (χ0) is 12.3. The zero-order valence-corrected chi connectivity index (χ0v) is 10.4. The number of ketones is 1. The highest BCUT2D eigenvalue weighted by atomic mass is 35.5. The highest BCUT2D eigenvalue weighted by Crippen LogP contribution is 2.15. The van der Waals surface area contributed by atoms with E-state index in [0.29, 0.717) is 11.4 Å². The molecule has 2 aromatic rings. The minimum atomic E-state index is 0.130. The highest BCUT2D eigenvalue weighted by Gasteiger charge is 2.09. The van der Waals surface area contributed by atoms with Gasteiger partial charge in [-0.3, -0.25) is 4.79 Å². The first kappa shape index (κ1) is 11.9. The third-order valence-electron chi connectivity index (χ3n) is 2.70. The molecule has 0 saturated carbocycles. The average molecular weight is 245 g/mol. The van der Waals surface area contributed by atoms with Gasteiger partial charge in [-0.05, 0) is 30.2 Å². The second-order valence-corrected chi connectivity index (χ2v) is 4.48. The average Bonchev–Trinajstić information content (AvgIpc) is 2.29. The highest BCUT2D eigenvalue weighted by molar-refractivity contribution is 6.30. The van der Waals surface area contributed by atoms with E-state index in [1.807, 2.05) is 55.5 Å². The quantitative estimate of drug-likeness (QED) is 0.744. The number of aryl methyl sites for hydroxylation is 1. The molecule has 0 amide bonds. The van der Waals surface area contributed by atoms with E-state index in [9.17, 15) is 4.79 Å². The molecule has 2 aromatic carbocycles. The molecule has 0 N–H and O–H groups in total. The molecule has 0 radical (unpaired) electrons. The van der Waals surface area contributed by atoms with Crippen LogP contribution in [-0.2, 0) is 6.42 Å². The molecule has 0 bridgehead atoms. The zero-order valence-electron chi connectivity index (χ0n) is 9.61. The van der Waals surface area contributed by atoms with Crippen molar-refractivity contribution < 1.29 is 4.79 Å². The normalized spacial score (nSPS) is 10.2. The number of carbonyl (C=O) groups excluding carboxylic acids is 1. The molecule has 0 fully saturated rings. The Kier molecular flexibility index (Phi) is 3.60. The molecular weight excluding hydrogens is 232 g/mol. The predicted molar refractivity (Wildman–Crippen MR) is 70.7 cm³/mol. The van der Waals surface area contributed by atoms with Crippen molar-refractivity contribution in [3.63, 3.8) is 0 Å². The van der Waals surface area contributed by atoms with Crippen LogP contribution >= 0.6 is 11.6 Å². The number of hydrogen-bond donors (Lipinski definition) is 0. The van der Waals surface area contributed by atoms with Crippen molar-refractivity contribution in [1.82, 2.24) is 0 Å². The summed E-state index contributed by atoms with van der Waals surface area (Å²) in [6, 6.07) is 15.1. The van der Waals surface area contributed by atoms with Crippen LogP contribution in [0, 0.1) is 6.92 Å². The Hall–Kier alpha value is -1.60. The Morgan fingerprint density at radius 1 is 1.12 bits per heavy atom. The van der Waals surface area contributed by atoms with E-state index >= 15 is 0 Å². The molecule has 17 heavy (non-hydrogen) atoms. The Morgan fingerprint density at radius 3 is 2.59 bits per heavy atom. The maximum Gasteiger partial charge on any atom is 0.167 e. The van der Waals surface area contributed by atoms with Gasteiger partial charge >= 0.3 is 0 Å². The molecule has 0 saturated heterocycles. The van der Waals surface area contributed by atoms with Crippen LogP contribution in [0.2, 0.25) is 5.02 Å². The van der Waals surface area contributed by atoms with Gasteiger partial charge in [0.25, 0.3) is 0 Å². The summed E-state index contributed by atoms with van der Waals surface area (Å²) >= 11 is 5.89. The van der Waals surface area contributed by atoms with Crippen LogP contribution in [0.3, 0.4) is 0 Å². The van der Waals surface area contributed by atoms with E-state index in [0.717, 1.165) is 16.7 Å². The summed E-state index contributed by atoms with van der Waals surface area (Å²) in [7, 11) is 0. The molecule has 1 nitrogen and oxygen atoms in total. The fourth-order valence-electron chi connectivity index (χ4n) is 1.81. The summed E-state index contributed by atoms with van der Waals surface area (Å²) in [5.41, 5.74) is 2.75. The van der Waals surface area contributed by atoms with Gasteiger partial charge in [0.05, 0.1) is 0 Å². The third kappa shape index (κ3) is 2.95. The first-order chi connectivity index (χ1) is 8.16. The topological polar surface area (TPSA) is 17.1 Å². The lowest BCUT2D eigenvalue weighted by Crippen LogP contribution is -2.05. The number of rotatable bonds is 3. The van der Waals surface area contributed by atoms with Gasteiger partial charge in [0.1, 0.15) is 0 Å². The van der Waals surface area contributed by atoms with Crippen LogP contribution in [0.15, 0.2) is 48.5 Å². The van der Waals surface area contributed by atoms with Crippen LogP contribution in [-0.4, -0.2) is 5.78 Å². The molecule has 2 heteroatoms. The van der Waals surface area contributed by atoms with E-state index in [1.165, 1.54) is 0 Å². The van der Waals surface area contributed by atoms with Crippen LogP contribution in [0.4, 0.5) is 0 Å². The molecule has 86 valence electrons. The van der Waals surface area contributed by atoms with Gasteiger partial charge in [-0.1, -0.05) is 48.0 Å². The molecule has 2 rings (SSSR count). The molecule has 0 atom stereocenters. The maximum absolute atomic E-state index is 12.1. The number of carbonyl (C=O) groups is 1. The summed E-state index contributed by atoms with van der Waals surface area (Å²) in [5, 5.41) is 0.667. The molecule has 0 heterocycles. The van der Waals surface area contributed by atoms with Gasteiger partial charge in [0.2, 0.25) is 0 Å². The Morgan fingerprint density at radius 2 is 1.88 bits per heavy atom. The van der Waals surface area contributed by atoms with Crippen molar-refractivity contribution in [2.75, 3.05) is 0 Å². The Bertz CT molecular complexity index is 546. The van der Waals surface area contributed by atoms with Crippen molar-refractivity contribution in [2.45, 2.75) is 13.3 Å². The Balaban J connectivity index is 2.20. The van der Waals surface area contributed by atoms with Gasteiger partial charge in [0.15, 0.2) is 5.78 Å². The fraction of sp³-hybridized carbons (Fsp3) is 0.133. The molecule has 0 spiro atoms. The van der Waals surface area contributed by atoms with Gasteiger partial charge in [-0.2, -0.15) is 0 Å². The Labute approximate surface area is 106 Å². The SMILES string of the molecule is Cc1ccccc1C(=O)Cc1cccc(Cl)c1. The van der Waals surface area contributed by atoms with Crippen molar-refractivity contribution in [2.24, 2.45) is 0 Å². The lowest BCUT2D eigenvalue weighted by atomic mass is 9.99. The standard InChI is InChI=1S/C15H13ClO/c1-11-5-2-3-8-14(11)15(17)10-12-6-4-7-13(16)9-12/h2-9H,10H2,1H3. The second kappa shape index (κ2) is 5.15. The van der Waals surface area contributed by atoms with E-state index in [4.69, 9.17) is 11.6 Å². The molecule has 0 unspecified atom stereocenters. The van der Waals surface area contributed by atoms with Crippen molar-refractivity contribution >= 4 is 17.4 Å². The monoisotopic (exact) mass is 244 g/mol. The lowest BCUT2D eigenvalue weighted by molar-refractivity contribution is 0.0992. The fourth-order valence-corrected chi connectivity index (χ4v) is 2.03. The van der Waals surface area contributed by atoms with E-state index in [-0.39, 0.29) is 5.78 Å². The van der Waals surface area contributed by atoms with E-state index in [2.05, 4.69) is 0 Å². The minimum absolute atomic E-state index is 0.130. The summed E-state index contributed by atoms with van der Waals surface area (Å²) in [4.78, 5) is 12.1. The first-order valence-electron chi connectivity index (χ1n) is 5.50. The van der Waals surface area contributed by atoms with E-state index in [1.54, 1.807) is 0 Å². The predicted octanol–water partition coefficient (Wildman–Crippen LogP) is 4.07. The second-order valence-electron chi connectivity index (χ2n) is 4.04. The molecule has 0 aliphatic heterocycles. The van der Waals surface area contributed by atoms with E-state index < -0.39 is 0 Å². The molecule has 0 aliphatic rings. The molecule has 0 aliphatic carbocycles. The van der Waals surface area contributed by atoms with Gasteiger partial charge in [0, 0.05) is 17.0 Å². The third-order valence-corrected chi connectivity index (χ3v) is 2.93. The minimum Gasteiger partial charge on any atom is -0.294 e. The smallest absolute Gasteiger partial charge is 0.167 e. The largest absolute Gasteiger partial charge is 0.294 e. The first-order valence-corrected chi connectivity index (χ1v) is 5.88. The van der Waals surface area contributed by atoms with Crippen molar-refractivity contribution in [1.29, 1.82) is 0 Å². The van der Waals surface area contributed by atoms with Gasteiger partial charge in [-0.25, -0.2) is 0 Å². The molecule has 0 aromatic heterocycles. The number of hydrogen-bond acceptors (Lipinski definition) is 1. The summed E-state index contributed by atoms with van der Waals surface area (Å²) in [6.45, 7) is 1.95. The van der Waals surface area contributed by atoms with Gasteiger partial charge < -0.3 is 0 Å². The van der Waals surface area contributed by atoms with Crippen LogP contribution in [0.1, 0.15) is 21.5 Å². The van der Waals surface area contributed by atoms with Crippen molar-refractivity contribution in [3.05, 3.63) is 70.2 Å². The van der Waals surface area contributed by atoms with Gasteiger partial charge in [-0.15, -0.1) is 0 Å². The van der Waals surface area contributed by atoms with Crippen molar-refractivity contribution in [3.8, 4) is 0 Å². The number of halogens is 1. The lowest BCUT2D eigenvalue weighted by Gasteiger charge is -2.05.